The zero-order valence-electron chi connectivity index (χ0n) is 6.28. The minimum absolute atomic E-state index is 0.147. The zero-order chi connectivity index (χ0) is 8.27. The largest absolute Gasteiger partial charge is 0.478 e. The molecule has 0 amide bonds. The molecule has 1 aliphatic rings. The van der Waals surface area contributed by atoms with E-state index in [4.69, 9.17) is 9.84 Å². The number of carboxylic acids is 1. The number of aliphatic carboxylic acids is 1. The van der Waals surface area contributed by atoms with Crippen molar-refractivity contribution in [2.45, 2.75) is 13.0 Å². The van der Waals surface area contributed by atoms with Gasteiger partial charge in [0.05, 0.1) is 12.7 Å². The van der Waals surface area contributed by atoms with Gasteiger partial charge >= 0.3 is 5.97 Å². The highest BCUT2D eigenvalue weighted by molar-refractivity contribution is 5.85. The summed E-state index contributed by atoms with van der Waals surface area (Å²) in [6.07, 6.45) is 5.15. The van der Waals surface area contributed by atoms with Crippen molar-refractivity contribution in [2.24, 2.45) is 0 Å². The van der Waals surface area contributed by atoms with Gasteiger partial charge in [-0.3, -0.25) is 0 Å². The fourth-order valence-electron chi connectivity index (χ4n) is 0.833. The molecule has 0 spiro atoms. The predicted molar refractivity (Wildman–Crippen MR) is 40.3 cm³/mol. The molecule has 0 saturated carbocycles. The Bertz CT molecular complexity index is 215. The predicted octanol–water partition coefficient (Wildman–Crippen LogP) is 0.972. The van der Waals surface area contributed by atoms with Crippen molar-refractivity contribution in [2.75, 3.05) is 6.61 Å². The summed E-state index contributed by atoms with van der Waals surface area (Å²) in [5.74, 6) is -0.895. The van der Waals surface area contributed by atoms with E-state index in [0.717, 1.165) is 0 Å². The minimum atomic E-state index is -0.895. The highest BCUT2D eigenvalue weighted by Crippen LogP contribution is 2.07. The molecule has 0 aromatic rings. The van der Waals surface area contributed by atoms with Gasteiger partial charge in [0.2, 0.25) is 0 Å². The number of hydrogen-bond acceptors (Lipinski definition) is 2. The topological polar surface area (TPSA) is 46.5 Å². The molecule has 0 aromatic carbocycles. The highest BCUT2D eigenvalue weighted by atomic mass is 16.5. The van der Waals surface area contributed by atoms with Crippen LogP contribution in [0, 0.1) is 0 Å². The maximum absolute atomic E-state index is 10.3. The van der Waals surface area contributed by atoms with E-state index in [9.17, 15) is 4.79 Å². The molecule has 1 unspecified atom stereocenters. The lowest BCUT2D eigenvalue weighted by Gasteiger charge is -2.01. The molecule has 1 N–H and O–H groups in total. The van der Waals surface area contributed by atoms with Gasteiger partial charge in [0.25, 0.3) is 0 Å². The van der Waals surface area contributed by atoms with E-state index in [2.05, 4.69) is 0 Å². The van der Waals surface area contributed by atoms with Crippen molar-refractivity contribution >= 4 is 5.97 Å². The average molecular weight is 154 g/mol. The van der Waals surface area contributed by atoms with Crippen LogP contribution in [0.15, 0.2) is 23.8 Å². The molecule has 0 aliphatic carbocycles. The summed E-state index contributed by atoms with van der Waals surface area (Å²) in [6, 6.07) is 0. The second-order valence-corrected chi connectivity index (χ2v) is 2.38. The Morgan fingerprint density at radius 3 is 3.00 bits per heavy atom. The maximum atomic E-state index is 10.3. The van der Waals surface area contributed by atoms with E-state index in [1.807, 2.05) is 12.2 Å². The summed E-state index contributed by atoms with van der Waals surface area (Å²) in [5.41, 5.74) is 0.321. The smallest absolute Gasteiger partial charge is 0.331 e. The van der Waals surface area contributed by atoms with Crippen molar-refractivity contribution in [3.8, 4) is 0 Å². The van der Waals surface area contributed by atoms with E-state index in [1.165, 1.54) is 0 Å². The molecule has 0 saturated heterocycles. The van der Waals surface area contributed by atoms with E-state index < -0.39 is 5.97 Å². The lowest BCUT2D eigenvalue weighted by molar-refractivity contribution is -0.132. The fourth-order valence-corrected chi connectivity index (χ4v) is 0.833. The SMILES string of the molecule is CC(=CC1C=CCO1)C(=O)O. The van der Waals surface area contributed by atoms with Crippen molar-refractivity contribution in [3.05, 3.63) is 23.8 Å². The first-order valence-electron chi connectivity index (χ1n) is 3.40. The lowest BCUT2D eigenvalue weighted by Crippen LogP contribution is -2.04. The first kappa shape index (κ1) is 8.01. The molecule has 3 nitrogen and oxygen atoms in total. The number of carbonyl (C=O) groups is 1. The van der Waals surface area contributed by atoms with E-state index in [-0.39, 0.29) is 6.10 Å². The normalized spacial score (nSPS) is 24.1. The molecule has 1 aliphatic heterocycles. The number of hydrogen-bond donors (Lipinski definition) is 1. The Morgan fingerprint density at radius 2 is 2.55 bits per heavy atom. The van der Waals surface area contributed by atoms with Gasteiger partial charge in [-0.15, -0.1) is 0 Å². The second-order valence-electron chi connectivity index (χ2n) is 2.38. The van der Waals surface area contributed by atoms with Crippen LogP contribution in [0.5, 0.6) is 0 Å². The third-order valence-corrected chi connectivity index (χ3v) is 1.46. The third-order valence-electron chi connectivity index (χ3n) is 1.46. The zero-order valence-corrected chi connectivity index (χ0v) is 6.28. The summed E-state index contributed by atoms with van der Waals surface area (Å²) >= 11 is 0. The summed E-state index contributed by atoms with van der Waals surface area (Å²) in [4.78, 5) is 10.3. The first-order chi connectivity index (χ1) is 5.20. The molecule has 0 aromatic heterocycles. The van der Waals surface area contributed by atoms with Crippen LogP contribution in [0.1, 0.15) is 6.92 Å². The van der Waals surface area contributed by atoms with Gasteiger partial charge in [-0.2, -0.15) is 0 Å². The summed E-state index contributed by atoms with van der Waals surface area (Å²) in [5, 5.41) is 8.49. The van der Waals surface area contributed by atoms with Crippen LogP contribution in [0.4, 0.5) is 0 Å². The molecule has 1 rings (SSSR count). The molecule has 0 bridgehead atoms. The highest BCUT2D eigenvalue weighted by Gasteiger charge is 2.08. The van der Waals surface area contributed by atoms with Crippen molar-refractivity contribution in [1.82, 2.24) is 0 Å². The number of ether oxygens (including phenoxy) is 1. The fraction of sp³-hybridized carbons (Fsp3) is 0.375. The van der Waals surface area contributed by atoms with Gasteiger partial charge < -0.3 is 9.84 Å². The van der Waals surface area contributed by atoms with Crippen LogP contribution in [-0.2, 0) is 9.53 Å². The van der Waals surface area contributed by atoms with E-state index >= 15 is 0 Å². The van der Waals surface area contributed by atoms with Crippen LogP contribution in [0.25, 0.3) is 0 Å². The van der Waals surface area contributed by atoms with Crippen LogP contribution in [0.3, 0.4) is 0 Å². The lowest BCUT2D eigenvalue weighted by atomic mass is 10.2. The van der Waals surface area contributed by atoms with E-state index in [0.29, 0.717) is 12.2 Å². The minimum Gasteiger partial charge on any atom is -0.478 e. The summed E-state index contributed by atoms with van der Waals surface area (Å²) in [7, 11) is 0. The maximum Gasteiger partial charge on any atom is 0.331 e. The number of rotatable bonds is 2. The molecular weight excluding hydrogens is 144 g/mol. The average Bonchev–Trinajstić information content (AvgIpc) is 2.39. The van der Waals surface area contributed by atoms with Gasteiger partial charge in [-0.1, -0.05) is 12.2 Å². The van der Waals surface area contributed by atoms with E-state index in [1.54, 1.807) is 13.0 Å². The molecule has 3 heteroatoms. The Hall–Kier alpha value is -1.09. The molecule has 1 atom stereocenters. The van der Waals surface area contributed by atoms with Crippen LogP contribution < -0.4 is 0 Å². The Balaban J connectivity index is 2.56. The first-order valence-corrected chi connectivity index (χ1v) is 3.40. The van der Waals surface area contributed by atoms with Gasteiger partial charge in [-0.05, 0) is 13.0 Å². The molecule has 0 radical (unpaired) electrons. The Kier molecular flexibility index (Phi) is 2.44. The summed E-state index contributed by atoms with van der Waals surface area (Å²) < 4.78 is 5.12. The standard InChI is InChI=1S/C8H10O3/c1-6(8(9)10)5-7-3-2-4-11-7/h2-3,5,7H,4H2,1H3,(H,9,10). The van der Waals surface area contributed by atoms with Gasteiger partial charge in [0, 0.05) is 5.57 Å². The molecular formula is C8H10O3. The molecule has 60 valence electrons. The van der Waals surface area contributed by atoms with Gasteiger partial charge in [-0.25, -0.2) is 4.79 Å². The summed E-state index contributed by atoms with van der Waals surface area (Å²) in [6.45, 7) is 2.13. The molecule has 0 fully saturated rings. The molecule has 1 heterocycles. The number of carboxylic acid groups (broad SMARTS) is 1. The van der Waals surface area contributed by atoms with Crippen LogP contribution in [-0.4, -0.2) is 23.8 Å². The Labute approximate surface area is 65.0 Å². The van der Waals surface area contributed by atoms with Crippen molar-refractivity contribution in [1.29, 1.82) is 0 Å². The van der Waals surface area contributed by atoms with Crippen molar-refractivity contribution in [3.63, 3.8) is 0 Å². The Morgan fingerprint density at radius 1 is 1.82 bits per heavy atom. The quantitative estimate of drug-likeness (QED) is 0.476. The van der Waals surface area contributed by atoms with Crippen LogP contribution in [0.2, 0.25) is 0 Å². The second kappa shape index (κ2) is 3.34. The monoisotopic (exact) mass is 154 g/mol. The molecule has 11 heavy (non-hydrogen) atoms. The van der Waals surface area contributed by atoms with Gasteiger partial charge in [0.1, 0.15) is 0 Å². The van der Waals surface area contributed by atoms with Crippen LogP contribution >= 0.6 is 0 Å². The third kappa shape index (κ3) is 2.20. The van der Waals surface area contributed by atoms with Crippen molar-refractivity contribution < 1.29 is 14.6 Å². The van der Waals surface area contributed by atoms with Gasteiger partial charge in [0.15, 0.2) is 0 Å².